The van der Waals surface area contributed by atoms with Crippen molar-refractivity contribution < 1.29 is 9.59 Å². The normalized spacial score (nSPS) is 23.7. The lowest BCUT2D eigenvalue weighted by atomic mass is 10.1. The molecule has 1 aliphatic heterocycles. The number of halogens is 1. The molecule has 4 rings (SSSR count). The highest BCUT2D eigenvalue weighted by atomic mass is 35.5. The molecular weight excluding hydrogens is 378 g/mol. The fourth-order valence-electron chi connectivity index (χ4n) is 3.66. The molecule has 2 N–H and O–H groups in total. The highest BCUT2D eigenvalue weighted by Gasteiger charge is 2.33. The largest absolute Gasteiger partial charge is 0.339 e. The molecule has 1 saturated carbocycles. The number of carbonyl (C=O) groups excluding carboxylic acids is 2. The summed E-state index contributed by atoms with van der Waals surface area (Å²) in [7, 11) is 0. The number of hydrogen-bond acceptors (Lipinski definition) is 5. The van der Waals surface area contributed by atoms with Gasteiger partial charge in [0.15, 0.2) is 0 Å². The topological polar surface area (TPSA) is 66.6 Å². The molecule has 2 unspecified atom stereocenters. The van der Waals surface area contributed by atoms with E-state index in [1.165, 1.54) is 9.40 Å². The summed E-state index contributed by atoms with van der Waals surface area (Å²) in [6.07, 6.45) is 2.67. The number of nitrogens with two attached hydrogens (primary N) is 1. The average molecular weight is 400 g/mol. The van der Waals surface area contributed by atoms with Gasteiger partial charge in [-0.2, -0.15) is 0 Å². The van der Waals surface area contributed by atoms with Crippen molar-refractivity contribution in [3.63, 3.8) is 0 Å². The maximum Gasteiger partial charge on any atom is 0.264 e. The lowest BCUT2D eigenvalue weighted by molar-refractivity contribution is -0.136. The molecule has 2 aromatic rings. The molecule has 0 spiro atoms. The van der Waals surface area contributed by atoms with Crippen LogP contribution in [-0.2, 0) is 4.79 Å². The van der Waals surface area contributed by atoms with Gasteiger partial charge in [0.1, 0.15) is 0 Å². The molecule has 0 aromatic carbocycles. The number of nitrogens with zero attached hydrogens (tertiary/aromatic N) is 2. The van der Waals surface area contributed by atoms with E-state index in [1.807, 2.05) is 15.9 Å². The molecule has 2 aliphatic rings. The van der Waals surface area contributed by atoms with Gasteiger partial charge in [0.2, 0.25) is 5.91 Å². The van der Waals surface area contributed by atoms with Crippen molar-refractivity contribution in [1.82, 2.24) is 9.80 Å². The molecule has 2 aromatic heterocycles. The Bertz CT molecular complexity index is 738. The monoisotopic (exact) mass is 399 g/mol. The highest BCUT2D eigenvalue weighted by Crippen LogP contribution is 2.31. The third-order valence-corrected chi connectivity index (χ3v) is 7.13. The van der Waals surface area contributed by atoms with Gasteiger partial charge >= 0.3 is 0 Å². The van der Waals surface area contributed by atoms with Gasteiger partial charge in [-0.25, -0.2) is 0 Å². The first-order chi connectivity index (χ1) is 11.6. The van der Waals surface area contributed by atoms with E-state index in [0.717, 1.165) is 24.1 Å². The van der Waals surface area contributed by atoms with Crippen LogP contribution in [0.3, 0.4) is 0 Å². The number of hydrogen-bond donors (Lipinski definition) is 1. The van der Waals surface area contributed by atoms with Gasteiger partial charge in [-0.3, -0.25) is 9.59 Å². The number of fused-ring (bicyclic) bond motifs is 1. The molecule has 5 nitrogen and oxygen atoms in total. The van der Waals surface area contributed by atoms with Gasteiger partial charge in [0.25, 0.3) is 5.91 Å². The SMILES string of the molecule is Cl.NC1CCC(C(=O)N2CCN(C(=O)c3cc4sccc4s3)CC2)C1. The van der Waals surface area contributed by atoms with Crippen LogP contribution >= 0.6 is 35.1 Å². The minimum atomic E-state index is 0. The second-order valence-electron chi connectivity index (χ2n) is 6.65. The van der Waals surface area contributed by atoms with E-state index < -0.39 is 0 Å². The van der Waals surface area contributed by atoms with E-state index in [1.54, 1.807) is 22.7 Å². The zero-order chi connectivity index (χ0) is 16.7. The predicted molar refractivity (Wildman–Crippen MR) is 105 cm³/mol. The summed E-state index contributed by atoms with van der Waals surface area (Å²) < 4.78 is 2.35. The fraction of sp³-hybridized carbons (Fsp3) is 0.529. The first-order valence-corrected chi connectivity index (χ1v) is 10.1. The lowest BCUT2D eigenvalue weighted by Crippen LogP contribution is -2.51. The maximum absolute atomic E-state index is 12.7. The number of carbonyl (C=O) groups is 2. The molecule has 2 amide bonds. The number of amides is 2. The molecule has 8 heteroatoms. The van der Waals surface area contributed by atoms with Crippen molar-refractivity contribution in [2.45, 2.75) is 25.3 Å². The quantitative estimate of drug-likeness (QED) is 0.844. The number of thiophene rings is 2. The van der Waals surface area contributed by atoms with Crippen molar-refractivity contribution in [1.29, 1.82) is 0 Å². The Morgan fingerprint density at radius 2 is 1.80 bits per heavy atom. The molecule has 2 fully saturated rings. The third-order valence-electron chi connectivity index (χ3n) is 5.05. The van der Waals surface area contributed by atoms with E-state index >= 15 is 0 Å². The van der Waals surface area contributed by atoms with Crippen LogP contribution in [0.15, 0.2) is 17.5 Å². The second kappa shape index (κ2) is 7.61. The number of piperazine rings is 1. The van der Waals surface area contributed by atoms with Gasteiger partial charge in [0, 0.05) is 47.5 Å². The Hall–Kier alpha value is -1.15. The third kappa shape index (κ3) is 3.69. The van der Waals surface area contributed by atoms with Crippen LogP contribution in [-0.4, -0.2) is 53.8 Å². The lowest BCUT2D eigenvalue weighted by Gasteiger charge is -2.35. The van der Waals surface area contributed by atoms with Gasteiger partial charge < -0.3 is 15.5 Å². The highest BCUT2D eigenvalue weighted by molar-refractivity contribution is 7.27. The molecule has 136 valence electrons. The fourth-order valence-corrected chi connectivity index (χ4v) is 5.73. The summed E-state index contributed by atoms with van der Waals surface area (Å²) in [5, 5.41) is 2.05. The van der Waals surface area contributed by atoms with Gasteiger partial charge in [-0.1, -0.05) is 0 Å². The molecule has 2 atom stereocenters. The average Bonchev–Trinajstić information content (AvgIpc) is 3.29. The van der Waals surface area contributed by atoms with Crippen molar-refractivity contribution in [3.05, 3.63) is 22.4 Å². The summed E-state index contributed by atoms with van der Waals surface area (Å²) >= 11 is 3.23. The van der Waals surface area contributed by atoms with Crippen LogP contribution in [0, 0.1) is 5.92 Å². The predicted octanol–water partition coefficient (Wildman–Crippen LogP) is 2.80. The van der Waals surface area contributed by atoms with E-state index in [-0.39, 0.29) is 36.2 Å². The second-order valence-corrected chi connectivity index (χ2v) is 8.68. The van der Waals surface area contributed by atoms with E-state index in [2.05, 4.69) is 11.4 Å². The Morgan fingerprint density at radius 1 is 1.08 bits per heavy atom. The summed E-state index contributed by atoms with van der Waals surface area (Å²) in [6.45, 7) is 2.51. The summed E-state index contributed by atoms with van der Waals surface area (Å²) in [5.41, 5.74) is 5.92. The Kier molecular flexibility index (Phi) is 5.68. The summed E-state index contributed by atoms with van der Waals surface area (Å²) in [5.74, 6) is 0.413. The van der Waals surface area contributed by atoms with Gasteiger partial charge in [-0.15, -0.1) is 35.1 Å². The van der Waals surface area contributed by atoms with Gasteiger partial charge in [0.05, 0.1) is 4.88 Å². The summed E-state index contributed by atoms with van der Waals surface area (Å²) in [6, 6.07) is 4.23. The molecule has 1 aliphatic carbocycles. The molecule has 3 heterocycles. The van der Waals surface area contributed by atoms with Gasteiger partial charge in [-0.05, 0) is 36.8 Å². The van der Waals surface area contributed by atoms with Crippen molar-refractivity contribution >= 4 is 56.3 Å². The van der Waals surface area contributed by atoms with Crippen LogP contribution in [0.2, 0.25) is 0 Å². The van der Waals surface area contributed by atoms with E-state index in [0.29, 0.717) is 26.2 Å². The zero-order valence-electron chi connectivity index (χ0n) is 13.8. The smallest absolute Gasteiger partial charge is 0.264 e. The molecule has 0 radical (unpaired) electrons. The zero-order valence-corrected chi connectivity index (χ0v) is 16.3. The molecular formula is C17H22ClN3O2S2. The maximum atomic E-state index is 12.7. The number of rotatable bonds is 2. The Balaban J connectivity index is 0.00000182. The van der Waals surface area contributed by atoms with Crippen LogP contribution < -0.4 is 5.73 Å². The van der Waals surface area contributed by atoms with Crippen LogP contribution in [0.1, 0.15) is 28.9 Å². The van der Waals surface area contributed by atoms with Crippen molar-refractivity contribution in [2.24, 2.45) is 11.7 Å². The first kappa shape index (κ1) is 18.6. The minimum Gasteiger partial charge on any atom is -0.339 e. The van der Waals surface area contributed by atoms with Crippen molar-refractivity contribution in [2.75, 3.05) is 26.2 Å². The minimum absolute atomic E-state index is 0. The van der Waals surface area contributed by atoms with E-state index in [4.69, 9.17) is 5.73 Å². The van der Waals surface area contributed by atoms with Crippen LogP contribution in [0.5, 0.6) is 0 Å². The Morgan fingerprint density at radius 3 is 2.44 bits per heavy atom. The first-order valence-electron chi connectivity index (χ1n) is 8.42. The molecule has 25 heavy (non-hydrogen) atoms. The van der Waals surface area contributed by atoms with Crippen molar-refractivity contribution in [3.8, 4) is 0 Å². The van der Waals surface area contributed by atoms with E-state index in [9.17, 15) is 9.59 Å². The Labute approximate surface area is 161 Å². The van der Waals surface area contributed by atoms with Crippen LogP contribution in [0.4, 0.5) is 0 Å². The molecule has 1 saturated heterocycles. The standard InChI is InChI=1S/C17H21N3O2S2.ClH/c18-12-2-1-11(9-12)16(21)19-4-6-20(7-5-19)17(22)15-10-14-13(24-15)3-8-23-14;/h3,8,10-12H,1-2,4-7,9,18H2;1H. The van der Waals surface area contributed by atoms with Crippen LogP contribution in [0.25, 0.3) is 9.40 Å². The molecule has 0 bridgehead atoms. The summed E-state index contributed by atoms with van der Waals surface area (Å²) in [4.78, 5) is 29.8.